The molecule has 0 aromatic heterocycles. The van der Waals surface area contributed by atoms with Gasteiger partial charge in [0.1, 0.15) is 18.4 Å². The second kappa shape index (κ2) is 7.60. The number of aryl methyl sites for hydroxylation is 1. The summed E-state index contributed by atoms with van der Waals surface area (Å²) < 4.78 is 10.4. The van der Waals surface area contributed by atoms with Crippen LogP contribution in [0.4, 0.5) is 4.79 Å². The first-order valence-electron chi connectivity index (χ1n) is 8.69. The lowest BCUT2D eigenvalue weighted by Gasteiger charge is -2.22. The summed E-state index contributed by atoms with van der Waals surface area (Å²) in [4.78, 5) is 26.2. The van der Waals surface area contributed by atoms with E-state index in [0.717, 1.165) is 22.4 Å². The van der Waals surface area contributed by atoms with Crippen LogP contribution in [-0.4, -0.2) is 30.6 Å². The highest BCUT2D eigenvalue weighted by Gasteiger charge is 2.39. The number of carbonyl (C=O) groups is 2. The molecule has 2 atom stereocenters. The van der Waals surface area contributed by atoms with Crippen LogP contribution in [0, 0.1) is 6.92 Å². The molecule has 1 heterocycles. The molecule has 1 aliphatic rings. The van der Waals surface area contributed by atoms with Gasteiger partial charge in [-0.25, -0.2) is 9.69 Å². The highest BCUT2D eigenvalue weighted by molar-refractivity contribution is 5.94. The third kappa shape index (κ3) is 3.57. The number of imide groups is 1. The first kappa shape index (κ1) is 18.0. The molecule has 0 N–H and O–H groups in total. The van der Waals surface area contributed by atoms with Gasteiger partial charge in [0.25, 0.3) is 0 Å². The molecule has 1 fully saturated rings. The Morgan fingerprint density at radius 1 is 1.27 bits per heavy atom. The summed E-state index contributed by atoms with van der Waals surface area (Å²) in [7, 11) is 1.63. The van der Waals surface area contributed by atoms with Crippen molar-refractivity contribution in [1.82, 2.24) is 4.90 Å². The minimum absolute atomic E-state index is 0.0155. The maximum absolute atomic E-state index is 12.9. The quantitative estimate of drug-likeness (QED) is 0.808. The van der Waals surface area contributed by atoms with Gasteiger partial charge < -0.3 is 9.47 Å². The van der Waals surface area contributed by atoms with E-state index in [-0.39, 0.29) is 30.9 Å². The normalized spacial score (nSPS) is 17.7. The number of ether oxygens (including phenoxy) is 2. The van der Waals surface area contributed by atoms with E-state index in [2.05, 4.69) is 0 Å². The lowest BCUT2D eigenvalue weighted by molar-refractivity contribution is -0.129. The fraction of sp³-hybridized carbons (Fsp3) is 0.333. The summed E-state index contributed by atoms with van der Waals surface area (Å²) in [6.07, 6.45) is -0.325. The van der Waals surface area contributed by atoms with Crippen molar-refractivity contribution in [2.24, 2.45) is 0 Å². The number of carbonyl (C=O) groups excluding carboxylic acids is 2. The lowest BCUT2D eigenvalue weighted by atomic mass is 9.92. The maximum atomic E-state index is 12.9. The fourth-order valence-corrected chi connectivity index (χ4v) is 3.42. The van der Waals surface area contributed by atoms with E-state index in [1.165, 1.54) is 4.90 Å². The fourth-order valence-electron chi connectivity index (χ4n) is 3.42. The van der Waals surface area contributed by atoms with Gasteiger partial charge >= 0.3 is 6.09 Å². The number of amides is 2. The number of hydrogen-bond donors (Lipinski definition) is 0. The van der Waals surface area contributed by atoms with Gasteiger partial charge in [0.2, 0.25) is 5.91 Å². The lowest BCUT2D eigenvalue weighted by Crippen LogP contribution is -2.34. The van der Waals surface area contributed by atoms with E-state index >= 15 is 0 Å². The van der Waals surface area contributed by atoms with Crippen LogP contribution in [0.1, 0.15) is 42.0 Å². The average Bonchev–Trinajstić information content (AvgIpc) is 3.03. The third-order valence-corrected chi connectivity index (χ3v) is 4.81. The van der Waals surface area contributed by atoms with Gasteiger partial charge in [-0.1, -0.05) is 43.3 Å². The Bertz CT molecular complexity index is 803. The molecule has 26 heavy (non-hydrogen) atoms. The van der Waals surface area contributed by atoms with Crippen LogP contribution in [0.25, 0.3) is 0 Å². The smallest absolute Gasteiger partial charge is 0.417 e. The number of cyclic esters (lactones) is 1. The van der Waals surface area contributed by atoms with E-state index in [1.807, 2.05) is 62.4 Å². The molecule has 1 saturated heterocycles. The number of benzene rings is 2. The van der Waals surface area contributed by atoms with Crippen LogP contribution in [0.5, 0.6) is 5.75 Å². The van der Waals surface area contributed by atoms with Gasteiger partial charge in [-0.05, 0) is 41.7 Å². The van der Waals surface area contributed by atoms with Crippen molar-refractivity contribution in [3.8, 4) is 5.75 Å². The highest BCUT2D eigenvalue weighted by Crippen LogP contribution is 2.31. The van der Waals surface area contributed by atoms with Gasteiger partial charge in [0, 0.05) is 6.42 Å². The van der Waals surface area contributed by atoms with Gasteiger partial charge in [-0.2, -0.15) is 0 Å². The molecular formula is C21H23NO4. The molecule has 5 nitrogen and oxygen atoms in total. The summed E-state index contributed by atoms with van der Waals surface area (Å²) in [5, 5.41) is 0. The monoisotopic (exact) mass is 353 g/mol. The highest BCUT2D eigenvalue weighted by atomic mass is 16.6. The van der Waals surface area contributed by atoms with Crippen molar-refractivity contribution in [1.29, 1.82) is 0 Å². The Labute approximate surface area is 153 Å². The average molecular weight is 353 g/mol. The number of nitrogens with zero attached hydrogens (tertiary/aromatic N) is 1. The van der Waals surface area contributed by atoms with Crippen LogP contribution in [0.2, 0.25) is 0 Å². The Morgan fingerprint density at radius 2 is 2.00 bits per heavy atom. The summed E-state index contributed by atoms with van der Waals surface area (Å²) in [5.74, 6) is 0.555. The first-order valence-corrected chi connectivity index (χ1v) is 8.69. The molecule has 0 unspecified atom stereocenters. The van der Waals surface area contributed by atoms with Gasteiger partial charge in [0.05, 0.1) is 7.11 Å². The van der Waals surface area contributed by atoms with Crippen molar-refractivity contribution >= 4 is 12.0 Å². The molecule has 0 bridgehead atoms. The van der Waals surface area contributed by atoms with Crippen LogP contribution >= 0.6 is 0 Å². The van der Waals surface area contributed by atoms with E-state index in [0.29, 0.717) is 0 Å². The molecule has 0 saturated carbocycles. The topological polar surface area (TPSA) is 55.8 Å². The zero-order valence-corrected chi connectivity index (χ0v) is 15.3. The second-order valence-corrected chi connectivity index (χ2v) is 6.59. The Morgan fingerprint density at radius 3 is 2.65 bits per heavy atom. The maximum Gasteiger partial charge on any atom is 0.417 e. The molecular weight excluding hydrogens is 330 g/mol. The second-order valence-electron chi connectivity index (χ2n) is 6.59. The molecule has 0 spiro atoms. The zero-order chi connectivity index (χ0) is 18.7. The molecule has 3 rings (SSSR count). The SMILES string of the molecule is COc1ccc([C@H](C)CC(=O)N2C(=O)OC[C@@H]2c2ccccc2)c(C)c1. The molecule has 1 aliphatic heterocycles. The summed E-state index contributed by atoms with van der Waals surface area (Å²) in [6, 6.07) is 15.0. The number of rotatable bonds is 5. The Hall–Kier alpha value is -2.82. The van der Waals surface area contributed by atoms with Crippen molar-refractivity contribution < 1.29 is 19.1 Å². The van der Waals surface area contributed by atoms with E-state index in [9.17, 15) is 9.59 Å². The Kier molecular flexibility index (Phi) is 5.26. The van der Waals surface area contributed by atoms with E-state index in [4.69, 9.17) is 9.47 Å². The van der Waals surface area contributed by atoms with Crippen LogP contribution in [0.15, 0.2) is 48.5 Å². The number of methoxy groups -OCH3 is 1. The predicted molar refractivity (Wildman–Crippen MR) is 98.1 cm³/mol. The van der Waals surface area contributed by atoms with E-state index in [1.54, 1.807) is 7.11 Å². The van der Waals surface area contributed by atoms with Crippen LogP contribution in [-0.2, 0) is 9.53 Å². The van der Waals surface area contributed by atoms with Crippen molar-refractivity contribution in [3.05, 3.63) is 65.2 Å². The Balaban J connectivity index is 1.76. The van der Waals surface area contributed by atoms with Crippen molar-refractivity contribution in [3.63, 3.8) is 0 Å². The summed E-state index contributed by atoms with van der Waals surface area (Å²) >= 11 is 0. The van der Waals surface area contributed by atoms with Gasteiger partial charge in [0.15, 0.2) is 0 Å². The molecule has 0 aliphatic carbocycles. The molecule has 2 aromatic carbocycles. The third-order valence-electron chi connectivity index (χ3n) is 4.81. The van der Waals surface area contributed by atoms with Crippen molar-refractivity contribution in [2.45, 2.75) is 32.2 Å². The van der Waals surface area contributed by atoms with E-state index < -0.39 is 6.09 Å². The zero-order valence-electron chi connectivity index (χ0n) is 15.3. The minimum atomic E-state index is -0.567. The predicted octanol–water partition coefficient (Wildman–Crippen LogP) is 4.22. The largest absolute Gasteiger partial charge is 0.497 e. The van der Waals surface area contributed by atoms with Crippen molar-refractivity contribution in [2.75, 3.05) is 13.7 Å². The molecule has 0 radical (unpaired) electrons. The van der Waals surface area contributed by atoms with Gasteiger partial charge in [-0.3, -0.25) is 4.79 Å². The summed E-state index contributed by atoms with van der Waals surface area (Å²) in [6.45, 7) is 4.19. The standard InChI is InChI=1S/C21H23NO4/c1-14-11-17(25-3)9-10-18(14)15(2)12-20(23)22-19(13-26-21(22)24)16-7-5-4-6-8-16/h4-11,15,19H,12-13H2,1-3H3/t15-,19-/m1/s1. The number of hydrogen-bond acceptors (Lipinski definition) is 4. The summed E-state index contributed by atoms with van der Waals surface area (Å²) in [5.41, 5.74) is 3.04. The molecule has 136 valence electrons. The van der Waals surface area contributed by atoms with Crippen LogP contribution in [0.3, 0.4) is 0 Å². The first-order chi connectivity index (χ1) is 12.5. The molecule has 2 amide bonds. The molecule has 2 aromatic rings. The molecule has 5 heteroatoms. The van der Waals surface area contributed by atoms with Gasteiger partial charge in [-0.15, -0.1) is 0 Å². The minimum Gasteiger partial charge on any atom is -0.497 e. The van der Waals surface area contributed by atoms with Crippen LogP contribution < -0.4 is 4.74 Å².